The minimum atomic E-state index is 0.827. The fourth-order valence-electron chi connectivity index (χ4n) is 1.47. The summed E-state index contributed by atoms with van der Waals surface area (Å²) in [6.45, 7) is 0. The molecule has 0 radical (unpaired) electrons. The van der Waals surface area contributed by atoms with Crippen molar-refractivity contribution in [3.8, 4) is 11.4 Å². The second-order valence-corrected chi connectivity index (χ2v) is 3.29. The summed E-state index contributed by atoms with van der Waals surface area (Å²) in [7, 11) is 1.64. The van der Waals surface area contributed by atoms with Gasteiger partial charge in [0.2, 0.25) is 0 Å². The molecule has 16 heavy (non-hydrogen) atoms. The number of ether oxygens (including phenoxy) is 1. The molecule has 0 saturated heterocycles. The summed E-state index contributed by atoms with van der Waals surface area (Å²) in [4.78, 5) is 0. The molecule has 2 rings (SSSR count). The average molecular weight is 216 g/mol. The molecule has 0 aliphatic heterocycles. The molecule has 1 aromatic carbocycles. The summed E-state index contributed by atoms with van der Waals surface area (Å²) in [5, 5.41) is 11.4. The Kier molecular flexibility index (Phi) is 2.91. The van der Waals surface area contributed by atoms with Crippen LogP contribution in [-0.2, 0) is 0 Å². The molecule has 0 bridgehead atoms. The fourth-order valence-corrected chi connectivity index (χ4v) is 1.47. The highest BCUT2D eigenvalue weighted by molar-refractivity contribution is 5.78. The SMILES string of the molecule is COc1ccc(-n2ccc(C=NO)c2)cc1. The summed E-state index contributed by atoms with van der Waals surface area (Å²) in [6.07, 6.45) is 5.17. The number of aromatic nitrogens is 1. The Labute approximate surface area is 93.4 Å². The van der Waals surface area contributed by atoms with E-state index in [1.807, 2.05) is 47.3 Å². The second kappa shape index (κ2) is 4.53. The van der Waals surface area contributed by atoms with E-state index in [1.165, 1.54) is 6.21 Å². The molecule has 0 amide bonds. The highest BCUT2D eigenvalue weighted by Gasteiger charge is 1.98. The second-order valence-electron chi connectivity index (χ2n) is 3.29. The van der Waals surface area contributed by atoms with Gasteiger partial charge in [-0.05, 0) is 30.3 Å². The van der Waals surface area contributed by atoms with E-state index >= 15 is 0 Å². The van der Waals surface area contributed by atoms with Gasteiger partial charge in [0.15, 0.2) is 0 Å². The van der Waals surface area contributed by atoms with E-state index in [9.17, 15) is 0 Å². The van der Waals surface area contributed by atoms with Gasteiger partial charge in [-0.15, -0.1) is 0 Å². The predicted octanol–water partition coefficient (Wildman–Crippen LogP) is 2.29. The number of methoxy groups -OCH3 is 1. The normalized spacial score (nSPS) is 10.8. The maximum atomic E-state index is 8.41. The summed E-state index contributed by atoms with van der Waals surface area (Å²) in [5.41, 5.74) is 1.87. The Morgan fingerprint density at radius 2 is 2.00 bits per heavy atom. The molecular formula is C12H12N2O2. The van der Waals surface area contributed by atoms with E-state index in [1.54, 1.807) is 7.11 Å². The van der Waals surface area contributed by atoms with Crippen LogP contribution in [0.5, 0.6) is 5.75 Å². The first kappa shape index (κ1) is 10.3. The topological polar surface area (TPSA) is 46.8 Å². The van der Waals surface area contributed by atoms with Crippen LogP contribution in [-0.4, -0.2) is 23.1 Å². The first-order chi connectivity index (χ1) is 7.83. The molecule has 4 nitrogen and oxygen atoms in total. The quantitative estimate of drug-likeness (QED) is 0.486. The van der Waals surface area contributed by atoms with Crippen LogP contribution < -0.4 is 4.74 Å². The Balaban J connectivity index is 2.27. The average Bonchev–Trinajstić information content (AvgIpc) is 2.78. The Bertz CT molecular complexity index is 486. The van der Waals surface area contributed by atoms with Gasteiger partial charge in [0.25, 0.3) is 0 Å². The van der Waals surface area contributed by atoms with Crippen LogP contribution in [0.3, 0.4) is 0 Å². The largest absolute Gasteiger partial charge is 0.497 e. The molecule has 4 heteroatoms. The minimum Gasteiger partial charge on any atom is -0.497 e. The van der Waals surface area contributed by atoms with E-state index in [4.69, 9.17) is 9.94 Å². The van der Waals surface area contributed by atoms with Crippen molar-refractivity contribution in [2.75, 3.05) is 7.11 Å². The summed E-state index contributed by atoms with van der Waals surface area (Å²) >= 11 is 0. The van der Waals surface area contributed by atoms with Crippen molar-refractivity contribution < 1.29 is 9.94 Å². The van der Waals surface area contributed by atoms with Crippen LogP contribution in [0.4, 0.5) is 0 Å². The zero-order valence-electron chi connectivity index (χ0n) is 8.87. The van der Waals surface area contributed by atoms with Crippen molar-refractivity contribution in [2.45, 2.75) is 0 Å². The zero-order chi connectivity index (χ0) is 11.4. The lowest BCUT2D eigenvalue weighted by Crippen LogP contribution is -1.90. The van der Waals surface area contributed by atoms with E-state index in [0.29, 0.717) is 0 Å². The van der Waals surface area contributed by atoms with Gasteiger partial charge in [-0.1, -0.05) is 5.16 Å². The maximum Gasteiger partial charge on any atom is 0.119 e. The van der Waals surface area contributed by atoms with Crippen molar-refractivity contribution in [3.63, 3.8) is 0 Å². The standard InChI is InChI=1S/C12H12N2O2/c1-16-12-4-2-11(3-5-12)14-7-6-10(9-14)8-13-15/h2-9,15H,1H3. The number of benzene rings is 1. The Morgan fingerprint density at radius 3 is 2.62 bits per heavy atom. The molecule has 82 valence electrons. The number of oxime groups is 1. The van der Waals surface area contributed by atoms with Crippen molar-refractivity contribution >= 4 is 6.21 Å². The maximum absolute atomic E-state index is 8.41. The van der Waals surface area contributed by atoms with Gasteiger partial charge in [0, 0.05) is 23.6 Å². The van der Waals surface area contributed by atoms with Crippen molar-refractivity contribution in [2.24, 2.45) is 5.16 Å². The number of rotatable bonds is 3. The number of hydrogen-bond acceptors (Lipinski definition) is 3. The molecule has 1 aromatic heterocycles. The van der Waals surface area contributed by atoms with E-state index in [-0.39, 0.29) is 0 Å². The third-order valence-corrected chi connectivity index (χ3v) is 2.29. The van der Waals surface area contributed by atoms with Crippen LogP contribution >= 0.6 is 0 Å². The van der Waals surface area contributed by atoms with E-state index in [0.717, 1.165) is 17.0 Å². The van der Waals surface area contributed by atoms with Gasteiger partial charge in [-0.25, -0.2) is 0 Å². The van der Waals surface area contributed by atoms with Gasteiger partial charge in [0.1, 0.15) is 5.75 Å². The van der Waals surface area contributed by atoms with Crippen molar-refractivity contribution in [1.29, 1.82) is 0 Å². The summed E-state index contributed by atoms with van der Waals surface area (Å²) in [5.74, 6) is 0.827. The number of hydrogen-bond donors (Lipinski definition) is 1. The Morgan fingerprint density at radius 1 is 1.25 bits per heavy atom. The molecule has 0 atom stereocenters. The third-order valence-electron chi connectivity index (χ3n) is 2.29. The van der Waals surface area contributed by atoms with Gasteiger partial charge in [-0.2, -0.15) is 0 Å². The molecule has 0 unspecified atom stereocenters. The van der Waals surface area contributed by atoms with Gasteiger partial charge < -0.3 is 14.5 Å². The smallest absolute Gasteiger partial charge is 0.119 e. The van der Waals surface area contributed by atoms with Crippen molar-refractivity contribution in [1.82, 2.24) is 4.57 Å². The monoisotopic (exact) mass is 216 g/mol. The summed E-state index contributed by atoms with van der Waals surface area (Å²) in [6, 6.07) is 9.58. The van der Waals surface area contributed by atoms with Crippen LogP contribution in [0.15, 0.2) is 47.9 Å². The van der Waals surface area contributed by atoms with Gasteiger partial charge in [-0.3, -0.25) is 0 Å². The lowest BCUT2D eigenvalue weighted by Gasteiger charge is -2.03. The van der Waals surface area contributed by atoms with E-state index < -0.39 is 0 Å². The molecule has 0 aliphatic carbocycles. The minimum absolute atomic E-state index is 0.827. The molecule has 1 heterocycles. The first-order valence-corrected chi connectivity index (χ1v) is 4.83. The highest BCUT2D eigenvalue weighted by atomic mass is 16.5. The molecular weight excluding hydrogens is 204 g/mol. The first-order valence-electron chi connectivity index (χ1n) is 4.83. The summed E-state index contributed by atoms with van der Waals surface area (Å²) < 4.78 is 7.03. The predicted molar refractivity (Wildman–Crippen MR) is 61.7 cm³/mol. The molecule has 2 aromatic rings. The van der Waals surface area contributed by atoms with Crippen LogP contribution in [0, 0.1) is 0 Å². The van der Waals surface area contributed by atoms with E-state index in [2.05, 4.69) is 5.16 Å². The van der Waals surface area contributed by atoms with Crippen LogP contribution in [0.2, 0.25) is 0 Å². The molecule has 0 fully saturated rings. The molecule has 1 N–H and O–H groups in total. The van der Waals surface area contributed by atoms with Gasteiger partial charge >= 0.3 is 0 Å². The number of nitrogens with zero attached hydrogens (tertiary/aromatic N) is 2. The van der Waals surface area contributed by atoms with Crippen molar-refractivity contribution in [3.05, 3.63) is 48.3 Å². The molecule has 0 spiro atoms. The van der Waals surface area contributed by atoms with Gasteiger partial charge in [0.05, 0.1) is 13.3 Å². The fraction of sp³-hybridized carbons (Fsp3) is 0.0833. The third kappa shape index (κ3) is 2.06. The highest BCUT2D eigenvalue weighted by Crippen LogP contribution is 2.15. The Hall–Kier alpha value is -2.23. The lowest BCUT2D eigenvalue weighted by molar-refractivity contribution is 0.322. The van der Waals surface area contributed by atoms with Crippen LogP contribution in [0.1, 0.15) is 5.56 Å². The zero-order valence-corrected chi connectivity index (χ0v) is 8.87. The molecule has 0 saturated carbocycles. The van der Waals surface area contributed by atoms with Crippen LogP contribution in [0.25, 0.3) is 5.69 Å². The molecule has 0 aliphatic rings. The lowest BCUT2D eigenvalue weighted by atomic mass is 10.3.